The zero-order valence-corrected chi connectivity index (χ0v) is 17.4. The molecule has 2 aliphatic rings. The van der Waals surface area contributed by atoms with Gasteiger partial charge in [0.05, 0.1) is 7.11 Å². The Kier molecular flexibility index (Phi) is 8.87. The topological polar surface area (TPSA) is 53.6 Å². The molecule has 2 atom stereocenters. The molecule has 2 aliphatic heterocycles. The lowest BCUT2D eigenvalue weighted by Gasteiger charge is -2.33. The van der Waals surface area contributed by atoms with Crippen molar-refractivity contribution in [3.05, 3.63) is 29.8 Å². The van der Waals surface area contributed by atoms with E-state index in [9.17, 15) is 4.79 Å². The minimum absolute atomic E-state index is 0. The highest BCUT2D eigenvalue weighted by Gasteiger charge is 2.26. The number of halogens is 1. The van der Waals surface area contributed by atoms with Crippen LogP contribution < -0.4 is 15.4 Å². The number of hydrogen-bond donors (Lipinski definition) is 2. The van der Waals surface area contributed by atoms with E-state index in [2.05, 4.69) is 34.6 Å². The van der Waals surface area contributed by atoms with Gasteiger partial charge in [-0.15, -0.1) is 12.4 Å². The molecule has 2 heterocycles. The molecule has 0 saturated carbocycles. The summed E-state index contributed by atoms with van der Waals surface area (Å²) in [4.78, 5) is 14.9. The van der Waals surface area contributed by atoms with Crippen LogP contribution in [-0.4, -0.2) is 50.1 Å². The summed E-state index contributed by atoms with van der Waals surface area (Å²) in [5.41, 5.74) is 1.33. The maximum absolute atomic E-state index is 12.4. The lowest BCUT2D eigenvalue weighted by molar-refractivity contribution is -0.126. The van der Waals surface area contributed by atoms with Crippen molar-refractivity contribution in [2.45, 2.75) is 45.2 Å². The van der Waals surface area contributed by atoms with Crippen LogP contribution in [-0.2, 0) is 11.3 Å². The van der Waals surface area contributed by atoms with E-state index in [0.717, 1.165) is 51.3 Å². The number of nitrogens with zero attached hydrogens (tertiary/aromatic N) is 1. The number of piperidine rings is 2. The van der Waals surface area contributed by atoms with E-state index in [0.29, 0.717) is 12.0 Å². The fourth-order valence-electron chi connectivity index (χ4n) is 4.10. The molecule has 2 saturated heterocycles. The molecule has 3 rings (SSSR count). The molecule has 0 aliphatic carbocycles. The molecule has 2 N–H and O–H groups in total. The van der Waals surface area contributed by atoms with Crippen molar-refractivity contribution in [3.63, 3.8) is 0 Å². The minimum Gasteiger partial charge on any atom is -0.497 e. The van der Waals surface area contributed by atoms with Crippen LogP contribution in [0.2, 0.25) is 0 Å². The maximum Gasteiger partial charge on any atom is 0.223 e. The third-order valence-corrected chi connectivity index (χ3v) is 5.83. The lowest BCUT2D eigenvalue weighted by atomic mass is 9.91. The quantitative estimate of drug-likeness (QED) is 0.777. The Balaban J connectivity index is 0.00000261. The first-order chi connectivity index (χ1) is 12.6. The van der Waals surface area contributed by atoms with Crippen molar-refractivity contribution in [1.29, 1.82) is 0 Å². The van der Waals surface area contributed by atoms with E-state index in [1.54, 1.807) is 7.11 Å². The van der Waals surface area contributed by atoms with Gasteiger partial charge in [-0.1, -0.05) is 12.1 Å². The highest BCUT2D eigenvalue weighted by atomic mass is 35.5. The molecule has 1 aromatic rings. The van der Waals surface area contributed by atoms with Gasteiger partial charge in [-0.2, -0.15) is 0 Å². The number of ether oxygens (including phenoxy) is 1. The molecule has 0 bridgehead atoms. The van der Waals surface area contributed by atoms with Gasteiger partial charge in [-0.25, -0.2) is 0 Å². The summed E-state index contributed by atoms with van der Waals surface area (Å²) in [7, 11) is 1.70. The van der Waals surface area contributed by atoms with Gasteiger partial charge in [-0.3, -0.25) is 9.69 Å². The predicted octanol–water partition coefficient (Wildman–Crippen LogP) is 2.83. The van der Waals surface area contributed by atoms with Crippen molar-refractivity contribution in [1.82, 2.24) is 15.5 Å². The Morgan fingerprint density at radius 1 is 1.22 bits per heavy atom. The molecule has 27 heavy (non-hydrogen) atoms. The highest BCUT2D eigenvalue weighted by Crippen LogP contribution is 2.21. The maximum atomic E-state index is 12.4. The summed E-state index contributed by atoms with van der Waals surface area (Å²) in [5.74, 6) is 1.98. The SMILES string of the molecule is COc1ccc(CN2CCC(CNC(=O)[C@H]3CCN[C@@H](C)C3)CC2)cc1.Cl. The monoisotopic (exact) mass is 395 g/mol. The van der Waals surface area contributed by atoms with E-state index in [1.165, 1.54) is 18.4 Å². The number of rotatable bonds is 6. The van der Waals surface area contributed by atoms with Crippen LogP contribution in [0.15, 0.2) is 24.3 Å². The molecule has 0 spiro atoms. The third kappa shape index (κ3) is 6.66. The van der Waals surface area contributed by atoms with Gasteiger partial charge in [0, 0.05) is 25.0 Å². The van der Waals surface area contributed by atoms with Crippen LogP contribution in [0.5, 0.6) is 5.75 Å². The summed E-state index contributed by atoms with van der Waals surface area (Å²) in [6, 6.07) is 8.80. The fourth-order valence-corrected chi connectivity index (χ4v) is 4.10. The molecule has 1 aromatic carbocycles. The summed E-state index contributed by atoms with van der Waals surface area (Å²) >= 11 is 0. The standard InChI is InChI=1S/C21H33N3O2.ClH/c1-16-13-19(7-10-22-16)21(25)23-14-17-8-11-24(12-9-17)15-18-3-5-20(26-2)6-4-18;/h3-6,16-17,19,22H,7-15H2,1-2H3,(H,23,25);1H/t16-,19-;/m0./s1. The summed E-state index contributed by atoms with van der Waals surface area (Å²) in [6.45, 7) is 7.18. The van der Waals surface area contributed by atoms with Crippen molar-refractivity contribution in [2.24, 2.45) is 11.8 Å². The van der Waals surface area contributed by atoms with Crippen LogP contribution in [0.25, 0.3) is 0 Å². The summed E-state index contributed by atoms with van der Waals surface area (Å²) < 4.78 is 5.22. The minimum atomic E-state index is 0. The molecule has 0 aromatic heterocycles. The molecular weight excluding hydrogens is 362 g/mol. The molecule has 6 heteroatoms. The second kappa shape index (κ2) is 10.9. The number of carbonyl (C=O) groups excluding carboxylic acids is 1. The highest BCUT2D eigenvalue weighted by molar-refractivity contribution is 5.85. The number of hydrogen-bond acceptors (Lipinski definition) is 4. The zero-order chi connectivity index (χ0) is 18.4. The van der Waals surface area contributed by atoms with E-state index in [-0.39, 0.29) is 24.2 Å². The number of amides is 1. The number of methoxy groups -OCH3 is 1. The second-order valence-corrected chi connectivity index (χ2v) is 7.89. The van der Waals surface area contributed by atoms with E-state index in [1.807, 2.05) is 12.1 Å². The number of likely N-dealkylation sites (tertiary alicyclic amines) is 1. The number of nitrogens with one attached hydrogen (secondary N) is 2. The molecule has 2 fully saturated rings. The lowest BCUT2D eigenvalue weighted by Crippen LogP contribution is -2.44. The fraction of sp³-hybridized carbons (Fsp3) is 0.667. The zero-order valence-electron chi connectivity index (χ0n) is 16.6. The van der Waals surface area contributed by atoms with E-state index < -0.39 is 0 Å². The first-order valence-corrected chi connectivity index (χ1v) is 10.0. The number of carbonyl (C=O) groups is 1. The molecule has 0 unspecified atom stereocenters. The van der Waals surface area contributed by atoms with Crippen LogP contribution in [0.1, 0.15) is 38.2 Å². The van der Waals surface area contributed by atoms with Crippen molar-refractivity contribution in [3.8, 4) is 5.75 Å². The largest absolute Gasteiger partial charge is 0.497 e. The van der Waals surface area contributed by atoms with Crippen LogP contribution in [0.3, 0.4) is 0 Å². The molecular formula is C21H34ClN3O2. The Bertz CT molecular complexity index is 573. The Morgan fingerprint density at radius 2 is 1.93 bits per heavy atom. The summed E-state index contributed by atoms with van der Waals surface area (Å²) in [5, 5.41) is 6.63. The van der Waals surface area contributed by atoms with Crippen molar-refractivity contribution >= 4 is 18.3 Å². The first kappa shape index (κ1) is 22.0. The van der Waals surface area contributed by atoms with E-state index in [4.69, 9.17) is 4.74 Å². The van der Waals surface area contributed by atoms with Gasteiger partial charge < -0.3 is 15.4 Å². The predicted molar refractivity (Wildman–Crippen MR) is 111 cm³/mol. The molecule has 1 amide bonds. The normalized spacial score (nSPS) is 24.1. The average molecular weight is 396 g/mol. The average Bonchev–Trinajstić information content (AvgIpc) is 2.68. The molecule has 0 radical (unpaired) electrons. The smallest absolute Gasteiger partial charge is 0.223 e. The van der Waals surface area contributed by atoms with Gasteiger partial charge in [0.1, 0.15) is 5.75 Å². The summed E-state index contributed by atoms with van der Waals surface area (Å²) in [6.07, 6.45) is 4.26. The molecule has 152 valence electrons. The van der Waals surface area contributed by atoms with Gasteiger partial charge in [-0.05, 0) is 75.9 Å². The van der Waals surface area contributed by atoms with Crippen LogP contribution in [0, 0.1) is 11.8 Å². The van der Waals surface area contributed by atoms with Gasteiger partial charge in [0.2, 0.25) is 5.91 Å². The van der Waals surface area contributed by atoms with Crippen LogP contribution in [0.4, 0.5) is 0 Å². The van der Waals surface area contributed by atoms with Crippen molar-refractivity contribution in [2.75, 3.05) is 33.3 Å². The Labute approximate surface area is 169 Å². The van der Waals surface area contributed by atoms with Gasteiger partial charge >= 0.3 is 0 Å². The van der Waals surface area contributed by atoms with Crippen molar-refractivity contribution < 1.29 is 9.53 Å². The number of benzene rings is 1. The van der Waals surface area contributed by atoms with Crippen LogP contribution >= 0.6 is 12.4 Å². The Hall–Kier alpha value is -1.30. The van der Waals surface area contributed by atoms with E-state index >= 15 is 0 Å². The second-order valence-electron chi connectivity index (χ2n) is 7.89. The Morgan fingerprint density at radius 3 is 2.56 bits per heavy atom. The van der Waals surface area contributed by atoms with Gasteiger partial charge in [0.25, 0.3) is 0 Å². The first-order valence-electron chi connectivity index (χ1n) is 10.0. The van der Waals surface area contributed by atoms with Gasteiger partial charge in [0.15, 0.2) is 0 Å². The molecule has 5 nitrogen and oxygen atoms in total. The third-order valence-electron chi connectivity index (χ3n) is 5.83.